The van der Waals surface area contributed by atoms with Gasteiger partial charge in [-0.25, -0.2) is 4.79 Å². The lowest BCUT2D eigenvalue weighted by Gasteiger charge is -2.20. The van der Waals surface area contributed by atoms with Crippen LogP contribution in [0.3, 0.4) is 0 Å². The van der Waals surface area contributed by atoms with Gasteiger partial charge in [0.2, 0.25) is 5.91 Å². The summed E-state index contributed by atoms with van der Waals surface area (Å²) >= 11 is 0. The maximum atomic E-state index is 12.4. The summed E-state index contributed by atoms with van der Waals surface area (Å²) in [5.41, 5.74) is 3.08. The molecule has 0 saturated carbocycles. The Bertz CT molecular complexity index is 770. The molecule has 5 nitrogen and oxygen atoms in total. The van der Waals surface area contributed by atoms with Gasteiger partial charge in [-0.3, -0.25) is 4.79 Å². The molecule has 0 spiro atoms. The number of aryl methyl sites for hydroxylation is 2. The summed E-state index contributed by atoms with van der Waals surface area (Å²) in [7, 11) is 2.96. The topological polar surface area (TPSA) is 55.8 Å². The van der Waals surface area contributed by atoms with Crippen molar-refractivity contribution in [3.05, 3.63) is 59.2 Å². The molecule has 0 atom stereocenters. The minimum Gasteiger partial charge on any atom is -0.493 e. The molecule has 0 fully saturated rings. The number of hydrogen-bond acceptors (Lipinski definition) is 4. The summed E-state index contributed by atoms with van der Waals surface area (Å²) in [5, 5.41) is 0. The lowest BCUT2D eigenvalue weighted by Crippen LogP contribution is -2.29. The van der Waals surface area contributed by atoms with Crippen molar-refractivity contribution in [2.75, 3.05) is 25.7 Å². The third-order valence-electron chi connectivity index (χ3n) is 3.95. The van der Waals surface area contributed by atoms with E-state index in [1.54, 1.807) is 31.3 Å². The molecule has 2 rings (SSSR count). The minimum absolute atomic E-state index is 0.138. The molecule has 2 aromatic rings. The summed E-state index contributed by atoms with van der Waals surface area (Å²) in [5.74, 6) is 0.166. The van der Waals surface area contributed by atoms with Crippen LogP contribution in [0.5, 0.6) is 5.75 Å². The lowest BCUT2D eigenvalue weighted by atomic mass is 10.1. The van der Waals surface area contributed by atoms with Gasteiger partial charge in [-0.2, -0.15) is 0 Å². The smallest absolute Gasteiger partial charge is 0.339 e. The van der Waals surface area contributed by atoms with E-state index in [0.29, 0.717) is 11.3 Å². The Morgan fingerprint density at radius 3 is 2.48 bits per heavy atom. The summed E-state index contributed by atoms with van der Waals surface area (Å²) in [6.07, 6.45) is 0.208. The van der Waals surface area contributed by atoms with Crippen LogP contribution in [0.2, 0.25) is 0 Å². The maximum Gasteiger partial charge on any atom is 0.339 e. The number of benzene rings is 2. The van der Waals surface area contributed by atoms with Crippen LogP contribution in [0.1, 0.15) is 27.9 Å². The highest BCUT2D eigenvalue weighted by Gasteiger charge is 2.18. The summed E-state index contributed by atoms with van der Waals surface area (Å²) < 4.78 is 10.5. The number of carbonyl (C=O) groups excluding carboxylic acids is 2. The Morgan fingerprint density at radius 2 is 1.80 bits per heavy atom. The number of ether oxygens (including phenoxy) is 2. The molecule has 132 valence electrons. The average Bonchev–Trinajstić information content (AvgIpc) is 2.62. The van der Waals surface area contributed by atoms with Crippen molar-refractivity contribution in [3.8, 4) is 5.75 Å². The highest BCUT2D eigenvalue weighted by molar-refractivity contribution is 6.02. The van der Waals surface area contributed by atoms with Gasteiger partial charge in [0.1, 0.15) is 5.75 Å². The first-order valence-electron chi connectivity index (χ1n) is 8.08. The molecule has 2 aromatic carbocycles. The van der Waals surface area contributed by atoms with Gasteiger partial charge in [0.25, 0.3) is 0 Å². The van der Waals surface area contributed by atoms with Gasteiger partial charge in [0.15, 0.2) is 0 Å². The number of rotatable bonds is 6. The van der Waals surface area contributed by atoms with E-state index in [2.05, 4.69) is 0 Å². The molecule has 0 bridgehead atoms. The van der Waals surface area contributed by atoms with Gasteiger partial charge in [-0.05, 0) is 37.6 Å². The molecule has 0 unspecified atom stereocenters. The van der Waals surface area contributed by atoms with E-state index in [9.17, 15) is 9.59 Å². The lowest BCUT2D eigenvalue weighted by molar-refractivity contribution is -0.118. The van der Waals surface area contributed by atoms with E-state index in [0.717, 1.165) is 11.3 Å². The first kappa shape index (κ1) is 18.5. The van der Waals surface area contributed by atoms with E-state index < -0.39 is 5.97 Å². The number of methoxy groups -OCH3 is 1. The van der Waals surface area contributed by atoms with Crippen LogP contribution >= 0.6 is 0 Å². The first-order valence-corrected chi connectivity index (χ1v) is 8.08. The average molecular weight is 341 g/mol. The largest absolute Gasteiger partial charge is 0.493 e. The monoisotopic (exact) mass is 341 g/mol. The molecule has 0 aliphatic carbocycles. The molecule has 0 radical (unpaired) electrons. The predicted octanol–water partition coefficient (Wildman–Crippen LogP) is 3.52. The normalized spacial score (nSPS) is 10.2. The standard InChI is InChI=1S/C20H23NO4/c1-14-9-10-18(15(2)13-14)25-12-11-19(22)21(3)17-8-6-5-7-16(17)20(23)24-4/h5-10,13H,11-12H2,1-4H3. The number of hydrogen-bond donors (Lipinski definition) is 0. The third-order valence-corrected chi connectivity index (χ3v) is 3.95. The van der Waals surface area contributed by atoms with Gasteiger partial charge in [0.05, 0.1) is 31.4 Å². The number of esters is 1. The van der Waals surface area contributed by atoms with E-state index in [1.165, 1.54) is 17.6 Å². The molecule has 0 aliphatic heterocycles. The highest BCUT2D eigenvalue weighted by Crippen LogP contribution is 2.22. The van der Waals surface area contributed by atoms with Gasteiger partial charge < -0.3 is 14.4 Å². The molecule has 1 amide bonds. The predicted molar refractivity (Wildman–Crippen MR) is 97.2 cm³/mol. The second-order valence-electron chi connectivity index (χ2n) is 5.83. The van der Waals surface area contributed by atoms with Crippen molar-refractivity contribution in [2.45, 2.75) is 20.3 Å². The summed E-state index contributed by atoms with van der Waals surface area (Å²) in [6, 6.07) is 12.8. The van der Waals surface area contributed by atoms with Crippen molar-refractivity contribution in [3.63, 3.8) is 0 Å². The van der Waals surface area contributed by atoms with Gasteiger partial charge in [-0.15, -0.1) is 0 Å². The third kappa shape index (κ3) is 4.59. The van der Waals surface area contributed by atoms with Crippen molar-refractivity contribution in [2.24, 2.45) is 0 Å². The first-order chi connectivity index (χ1) is 11.9. The number of nitrogens with zero attached hydrogens (tertiary/aromatic N) is 1. The molecule has 5 heteroatoms. The van der Waals surface area contributed by atoms with E-state index >= 15 is 0 Å². The van der Waals surface area contributed by atoms with Gasteiger partial charge in [0, 0.05) is 7.05 Å². The second kappa shape index (κ2) is 8.33. The number of para-hydroxylation sites is 1. The van der Waals surface area contributed by atoms with Crippen LogP contribution in [0.4, 0.5) is 5.69 Å². The Labute approximate surface area is 148 Å². The van der Waals surface area contributed by atoms with Crippen molar-refractivity contribution < 1.29 is 19.1 Å². The summed E-state index contributed by atoms with van der Waals surface area (Å²) in [6.45, 7) is 4.27. The van der Waals surface area contributed by atoms with Gasteiger partial charge >= 0.3 is 5.97 Å². The van der Waals surface area contributed by atoms with Crippen molar-refractivity contribution in [1.82, 2.24) is 0 Å². The van der Waals surface area contributed by atoms with Gasteiger partial charge in [-0.1, -0.05) is 29.8 Å². The number of carbonyl (C=O) groups is 2. The van der Waals surface area contributed by atoms with E-state index in [1.807, 2.05) is 32.0 Å². The number of anilines is 1. The van der Waals surface area contributed by atoms with Crippen molar-refractivity contribution in [1.29, 1.82) is 0 Å². The SMILES string of the molecule is COC(=O)c1ccccc1N(C)C(=O)CCOc1ccc(C)cc1C. The molecule has 0 aromatic heterocycles. The Balaban J connectivity index is 2.00. The molecule has 0 aliphatic rings. The van der Waals surface area contributed by atoms with Crippen molar-refractivity contribution >= 4 is 17.6 Å². The molecule has 0 heterocycles. The zero-order valence-electron chi connectivity index (χ0n) is 15.0. The fourth-order valence-corrected chi connectivity index (χ4v) is 2.56. The van der Waals surface area contributed by atoms with Crippen LogP contribution in [0.25, 0.3) is 0 Å². The van der Waals surface area contributed by atoms with Crippen LogP contribution < -0.4 is 9.64 Å². The fourth-order valence-electron chi connectivity index (χ4n) is 2.56. The zero-order chi connectivity index (χ0) is 18.4. The van der Waals surface area contributed by atoms with Crippen LogP contribution in [0.15, 0.2) is 42.5 Å². The highest BCUT2D eigenvalue weighted by atomic mass is 16.5. The molecular formula is C20H23NO4. The quantitative estimate of drug-likeness (QED) is 0.754. The molecule has 0 N–H and O–H groups in total. The maximum absolute atomic E-state index is 12.4. The Morgan fingerprint density at radius 1 is 1.08 bits per heavy atom. The van der Waals surface area contributed by atoms with Crippen LogP contribution in [0, 0.1) is 13.8 Å². The number of amides is 1. The molecular weight excluding hydrogens is 318 g/mol. The van der Waals surface area contributed by atoms with E-state index in [-0.39, 0.29) is 18.9 Å². The molecule has 25 heavy (non-hydrogen) atoms. The second-order valence-corrected chi connectivity index (χ2v) is 5.83. The zero-order valence-corrected chi connectivity index (χ0v) is 15.0. The fraction of sp³-hybridized carbons (Fsp3) is 0.300. The Kier molecular flexibility index (Phi) is 6.17. The molecule has 0 saturated heterocycles. The van der Waals surface area contributed by atoms with Crippen LogP contribution in [-0.4, -0.2) is 32.6 Å². The van der Waals surface area contributed by atoms with E-state index in [4.69, 9.17) is 9.47 Å². The Hall–Kier alpha value is -2.82. The minimum atomic E-state index is -0.471. The summed E-state index contributed by atoms with van der Waals surface area (Å²) in [4.78, 5) is 25.7. The van der Waals surface area contributed by atoms with Crippen LogP contribution in [-0.2, 0) is 9.53 Å².